The van der Waals surface area contributed by atoms with E-state index in [2.05, 4.69) is 21.8 Å². The van der Waals surface area contributed by atoms with Gasteiger partial charge in [-0.25, -0.2) is 8.42 Å². The van der Waals surface area contributed by atoms with Gasteiger partial charge in [-0.05, 0) is 90.8 Å². The van der Waals surface area contributed by atoms with Gasteiger partial charge in [-0.3, -0.25) is 9.71 Å². The highest BCUT2D eigenvalue weighted by atomic mass is 35.5. The summed E-state index contributed by atoms with van der Waals surface area (Å²) in [6.07, 6.45) is 9.11. The number of nitrogens with zero attached hydrogens (tertiary/aromatic N) is 1. The van der Waals surface area contributed by atoms with Crippen LogP contribution in [0.3, 0.4) is 0 Å². The predicted molar refractivity (Wildman–Crippen MR) is 162 cm³/mol. The minimum absolute atomic E-state index is 0. The predicted octanol–water partition coefficient (Wildman–Crippen LogP) is 7.15. The SMILES string of the molecule is COc1ccc(C(Cc2ccncc2)c2ccc(NS(=O)(=O)Cc3ccccc3)cc2)cc1OC1CCCC1.Cl. The lowest BCUT2D eigenvalue weighted by atomic mass is 9.86. The molecule has 0 amide bonds. The van der Waals surface area contributed by atoms with Crippen LogP contribution in [-0.4, -0.2) is 26.6 Å². The van der Waals surface area contributed by atoms with E-state index in [9.17, 15) is 8.42 Å². The fourth-order valence-corrected chi connectivity index (χ4v) is 6.36. The number of ether oxygens (including phenoxy) is 2. The molecule has 210 valence electrons. The molecule has 0 bridgehead atoms. The Morgan fingerprint density at radius 2 is 1.52 bits per heavy atom. The fraction of sp³-hybridized carbons (Fsp3) is 0.281. The zero-order valence-electron chi connectivity index (χ0n) is 22.5. The molecular weight excluding hydrogens is 544 g/mol. The second-order valence-corrected chi connectivity index (χ2v) is 11.7. The van der Waals surface area contributed by atoms with Gasteiger partial charge >= 0.3 is 0 Å². The fourth-order valence-electron chi connectivity index (χ4n) is 5.16. The van der Waals surface area contributed by atoms with E-state index in [1.165, 1.54) is 12.8 Å². The first-order chi connectivity index (χ1) is 19.0. The quantitative estimate of drug-likeness (QED) is 0.204. The molecule has 0 aliphatic heterocycles. The van der Waals surface area contributed by atoms with Gasteiger partial charge in [-0.15, -0.1) is 12.4 Å². The van der Waals surface area contributed by atoms with Crippen molar-refractivity contribution < 1.29 is 17.9 Å². The standard InChI is InChI=1S/C32H34N2O4S.ClH/c1-37-31-16-13-27(22-32(31)38-29-9-5-6-10-29)30(21-24-17-19-33-20-18-24)26-11-14-28(15-12-26)34-39(35,36)23-25-7-3-2-4-8-25;/h2-4,7-8,11-20,22,29-30,34H,5-6,9-10,21,23H2,1H3;1H. The average molecular weight is 579 g/mol. The second kappa shape index (κ2) is 13.7. The third-order valence-corrected chi connectivity index (χ3v) is 8.42. The Morgan fingerprint density at radius 3 is 2.20 bits per heavy atom. The number of hydrogen-bond acceptors (Lipinski definition) is 5. The molecule has 1 saturated carbocycles. The van der Waals surface area contributed by atoms with E-state index in [1.54, 1.807) is 19.5 Å². The molecule has 4 aromatic rings. The van der Waals surface area contributed by atoms with Gasteiger partial charge in [-0.2, -0.15) is 0 Å². The number of methoxy groups -OCH3 is 1. The third kappa shape index (κ3) is 7.77. The first kappa shape index (κ1) is 29.4. The zero-order chi connectivity index (χ0) is 27.1. The summed E-state index contributed by atoms with van der Waals surface area (Å²) in [6, 6.07) is 27.0. The van der Waals surface area contributed by atoms with Crippen LogP contribution in [0.5, 0.6) is 11.5 Å². The summed E-state index contributed by atoms with van der Waals surface area (Å²) in [5, 5.41) is 0. The lowest BCUT2D eigenvalue weighted by Crippen LogP contribution is -2.15. The molecule has 1 N–H and O–H groups in total. The van der Waals surface area contributed by atoms with Crippen LogP contribution in [0.15, 0.2) is 97.3 Å². The smallest absolute Gasteiger partial charge is 0.236 e. The molecule has 1 aliphatic rings. The lowest BCUT2D eigenvalue weighted by molar-refractivity contribution is 0.200. The number of benzene rings is 3. The number of anilines is 1. The lowest BCUT2D eigenvalue weighted by Gasteiger charge is -2.22. The van der Waals surface area contributed by atoms with Crippen LogP contribution in [0.25, 0.3) is 0 Å². The highest BCUT2D eigenvalue weighted by Gasteiger charge is 2.22. The van der Waals surface area contributed by atoms with Crippen LogP contribution in [0.4, 0.5) is 5.69 Å². The largest absolute Gasteiger partial charge is 0.493 e. The molecule has 1 heterocycles. The number of pyridine rings is 1. The number of hydrogen-bond donors (Lipinski definition) is 1. The average Bonchev–Trinajstić information content (AvgIpc) is 3.46. The summed E-state index contributed by atoms with van der Waals surface area (Å²) in [6.45, 7) is 0. The molecule has 6 nitrogen and oxygen atoms in total. The van der Waals surface area contributed by atoms with Crippen molar-refractivity contribution in [1.29, 1.82) is 0 Å². The van der Waals surface area contributed by atoms with Crippen molar-refractivity contribution in [2.75, 3.05) is 11.8 Å². The van der Waals surface area contributed by atoms with E-state index in [4.69, 9.17) is 9.47 Å². The van der Waals surface area contributed by atoms with E-state index < -0.39 is 10.0 Å². The molecule has 3 aromatic carbocycles. The van der Waals surface area contributed by atoms with Crippen molar-refractivity contribution in [3.05, 3.63) is 120 Å². The highest BCUT2D eigenvalue weighted by Crippen LogP contribution is 2.37. The first-order valence-corrected chi connectivity index (χ1v) is 15.0. The van der Waals surface area contributed by atoms with Crippen molar-refractivity contribution in [1.82, 2.24) is 4.98 Å². The summed E-state index contributed by atoms with van der Waals surface area (Å²) in [5.41, 5.74) is 4.64. The van der Waals surface area contributed by atoms with Crippen LogP contribution in [0.2, 0.25) is 0 Å². The van der Waals surface area contributed by atoms with Crippen molar-refractivity contribution in [2.45, 2.75) is 49.9 Å². The first-order valence-electron chi connectivity index (χ1n) is 13.4. The minimum Gasteiger partial charge on any atom is -0.493 e. The third-order valence-electron chi connectivity index (χ3n) is 7.16. The summed E-state index contributed by atoms with van der Waals surface area (Å²) in [7, 11) is -1.86. The van der Waals surface area contributed by atoms with Crippen molar-refractivity contribution in [2.24, 2.45) is 0 Å². The zero-order valence-corrected chi connectivity index (χ0v) is 24.2. The molecule has 8 heteroatoms. The maximum Gasteiger partial charge on any atom is 0.236 e. The molecule has 5 rings (SSSR count). The molecule has 1 aromatic heterocycles. The Balaban J connectivity index is 0.00000370. The molecule has 1 fully saturated rings. The molecule has 0 radical (unpaired) electrons. The van der Waals surface area contributed by atoms with Gasteiger partial charge in [0.25, 0.3) is 0 Å². The Kier molecular flexibility index (Phi) is 10.1. The van der Waals surface area contributed by atoms with Gasteiger partial charge in [0.2, 0.25) is 10.0 Å². The summed E-state index contributed by atoms with van der Waals surface area (Å²) < 4.78 is 40.2. The summed E-state index contributed by atoms with van der Waals surface area (Å²) in [5.74, 6) is 1.46. The minimum atomic E-state index is -3.53. The normalized spacial score (nSPS) is 14.2. The van der Waals surface area contributed by atoms with Crippen molar-refractivity contribution in [3.63, 3.8) is 0 Å². The van der Waals surface area contributed by atoms with Gasteiger partial charge in [-0.1, -0.05) is 48.5 Å². The Hall–Kier alpha value is -3.55. The van der Waals surface area contributed by atoms with E-state index in [-0.39, 0.29) is 30.2 Å². The second-order valence-electron chi connectivity index (χ2n) is 10.0. The summed E-state index contributed by atoms with van der Waals surface area (Å²) in [4.78, 5) is 4.17. The highest BCUT2D eigenvalue weighted by molar-refractivity contribution is 7.91. The number of rotatable bonds is 11. The Labute approximate surface area is 243 Å². The van der Waals surface area contributed by atoms with E-state index in [0.717, 1.165) is 53.0 Å². The summed E-state index contributed by atoms with van der Waals surface area (Å²) >= 11 is 0. The number of nitrogens with one attached hydrogen (secondary N) is 1. The van der Waals surface area contributed by atoms with Crippen LogP contribution in [0.1, 0.15) is 53.9 Å². The van der Waals surface area contributed by atoms with Crippen LogP contribution in [-0.2, 0) is 22.2 Å². The number of sulfonamides is 1. The maximum atomic E-state index is 12.7. The van der Waals surface area contributed by atoms with Gasteiger partial charge in [0.05, 0.1) is 19.0 Å². The van der Waals surface area contributed by atoms with Gasteiger partial charge in [0.1, 0.15) is 0 Å². The maximum absolute atomic E-state index is 12.7. The van der Waals surface area contributed by atoms with Crippen LogP contribution < -0.4 is 14.2 Å². The van der Waals surface area contributed by atoms with E-state index in [1.807, 2.05) is 72.8 Å². The monoisotopic (exact) mass is 578 g/mol. The Morgan fingerprint density at radius 1 is 0.850 bits per heavy atom. The van der Waals surface area contributed by atoms with Gasteiger partial charge in [0, 0.05) is 24.0 Å². The van der Waals surface area contributed by atoms with Crippen molar-refractivity contribution in [3.8, 4) is 11.5 Å². The van der Waals surface area contributed by atoms with Crippen LogP contribution in [0, 0.1) is 0 Å². The van der Waals surface area contributed by atoms with Crippen LogP contribution >= 0.6 is 12.4 Å². The van der Waals surface area contributed by atoms with E-state index in [0.29, 0.717) is 5.69 Å². The van der Waals surface area contributed by atoms with Crippen molar-refractivity contribution >= 4 is 28.1 Å². The number of halogens is 1. The molecule has 1 aliphatic carbocycles. The Bertz CT molecular complexity index is 1460. The number of aromatic nitrogens is 1. The van der Waals surface area contributed by atoms with Gasteiger partial charge in [0.15, 0.2) is 11.5 Å². The van der Waals surface area contributed by atoms with E-state index >= 15 is 0 Å². The molecule has 0 saturated heterocycles. The molecular formula is C32H35ClN2O4S. The molecule has 0 spiro atoms. The molecule has 1 unspecified atom stereocenters. The molecule has 1 atom stereocenters. The topological polar surface area (TPSA) is 77.5 Å². The molecule has 40 heavy (non-hydrogen) atoms. The van der Waals surface area contributed by atoms with Gasteiger partial charge < -0.3 is 9.47 Å².